The van der Waals surface area contributed by atoms with Crippen LogP contribution in [0.1, 0.15) is 28.4 Å². The quantitative estimate of drug-likeness (QED) is 0.923. The second-order valence-corrected chi connectivity index (χ2v) is 4.92. The molecule has 2 rings (SSSR count). The van der Waals surface area contributed by atoms with Gasteiger partial charge in [-0.25, -0.2) is 0 Å². The molecule has 0 aliphatic carbocycles. The van der Waals surface area contributed by atoms with Gasteiger partial charge in [-0.1, -0.05) is 29.8 Å². The lowest BCUT2D eigenvalue weighted by Crippen LogP contribution is -2.22. The summed E-state index contributed by atoms with van der Waals surface area (Å²) < 4.78 is 1.82. The Bertz CT molecular complexity index is 541. The highest BCUT2D eigenvalue weighted by Gasteiger charge is 2.21. The van der Waals surface area contributed by atoms with Crippen molar-refractivity contribution < 1.29 is 0 Å². The van der Waals surface area contributed by atoms with Crippen molar-refractivity contribution in [3.05, 3.63) is 51.8 Å². The first kappa shape index (κ1) is 13.1. The third-order valence-electron chi connectivity index (χ3n) is 3.46. The van der Waals surface area contributed by atoms with Crippen LogP contribution in [0.4, 0.5) is 0 Å². The normalized spacial score (nSPS) is 12.7. The van der Waals surface area contributed by atoms with E-state index >= 15 is 0 Å². The molecule has 0 spiro atoms. The van der Waals surface area contributed by atoms with E-state index in [4.69, 9.17) is 11.6 Å². The first-order valence-corrected chi connectivity index (χ1v) is 6.34. The molecule has 1 N–H and O–H groups in total. The van der Waals surface area contributed by atoms with Crippen LogP contribution in [0.5, 0.6) is 0 Å². The van der Waals surface area contributed by atoms with E-state index in [1.165, 1.54) is 16.7 Å². The fourth-order valence-electron chi connectivity index (χ4n) is 2.27. The molecule has 1 aromatic heterocycles. The molecule has 1 unspecified atom stereocenters. The van der Waals surface area contributed by atoms with Gasteiger partial charge in [0.1, 0.15) is 0 Å². The largest absolute Gasteiger partial charge is 0.308 e. The Hall–Kier alpha value is -1.32. The fourth-order valence-corrected chi connectivity index (χ4v) is 2.55. The van der Waals surface area contributed by atoms with E-state index in [1.807, 2.05) is 18.8 Å². The van der Waals surface area contributed by atoms with E-state index in [0.717, 1.165) is 5.69 Å². The monoisotopic (exact) mass is 263 g/mol. The molecule has 1 atom stereocenters. The molecule has 4 heteroatoms. The zero-order valence-corrected chi connectivity index (χ0v) is 11.9. The first-order valence-electron chi connectivity index (χ1n) is 5.97. The molecule has 18 heavy (non-hydrogen) atoms. The SMILES string of the molecule is CNC(c1cccc(C)c1C)c1c(Cl)cnn1C. The van der Waals surface area contributed by atoms with Gasteiger partial charge in [-0.05, 0) is 37.6 Å². The van der Waals surface area contributed by atoms with Crippen molar-refractivity contribution in [3.8, 4) is 0 Å². The lowest BCUT2D eigenvalue weighted by Gasteiger charge is -2.20. The number of benzene rings is 1. The van der Waals surface area contributed by atoms with E-state index in [9.17, 15) is 0 Å². The topological polar surface area (TPSA) is 29.9 Å². The zero-order valence-electron chi connectivity index (χ0n) is 11.2. The van der Waals surface area contributed by atoms with Gasteiger partial charge in [-0.3, -0.25) is 4.68 Å². The number of hydrogen-bond acceptors (Lipinski definition) is 2. The molecule has 0 saturated carbocycles. The summed E-state index contributed by atoms with van der Waals surface area (Å²) >= 11 is 6.24. The maximum Gasteiger partial charge on any atom is 0.0837 e. The van der Waals surface area contributed by atoms with Crippen molar-refractivity contribution in [1.29, 1.82) is 0 Å². The number of nitrogens with one attached hydrogen (secondary N) is 1. The maximum atomic E-state index is 6.24. The van der Waals surface area contributed by atoms with Crippen molar-refractivity contribution in [2.75, 3.05) is 7.05 Å². The average Bonchev–Trinajstić information content (AvgIpc) is 2.67. The summed E-state index contributed by atoms with van der Waals surface area (Å²) in [5.74, 6) is 0. The fraction of sp³-hybridized carbons (Fsp3) is 0.357. The van der Waals surface area contributed by atoms with Crippen molar-refractivity contribution in [2.24, 2.45) is 7.05 Å². The molecule has 2 aromatic rings. The maximum absolute atomic E-state index is 6.24. The van der Waals surface area contributed by atoms with E-state index in [1.54, 1.807) is 6.20 Å². The Balaban J connectivity index is 2.56. The number of aryl methyl sites for hydroxylation is 2. The molecular weight excluding hydrogens is 246 g/mol. The number of hydrogen-bond donors (Lipinski definition) is 1. The summed E-state index contributed by atoms with van der Waals surface area (Å²) in [6.45, 7) is 4.26. The van der Waals surface area contributed by atoms with Crippen LogP contribution in [0.2, 0.25) is 5.02 Å². The van der Waals surface area contributed by atoms with Gasteiger partial charge in [0.15, 0.2) is 0 Å². The minimum atomic E-state index is 0.0601. The number of halogens is 1. The number of nitrogens with zero attached hydrogens (tertiary/aromatic N) is 2. The molecule has 1 aromatic carbocycles. The van der Waals surface area contributed by atoms with Gasteiger partial charge >= 0.3 is 0 Å². The minimum absolute atomic E-state index is 0.0601. The van der Waals surface area contributed by atoms with E-state index in [0.29, 0.717) is 5.02 Å². The molecule has 0 bridgehead atoms. The molecule has 0 aliphatic rings. The highest BCUT2D eigenvalue weighted by molar-refractivity contribution is 6.31. The van der Waals surface area contributed by atoms with Gasteiger partial charge in [-0.15, -0.1) is 0 Å². The summed E-state index contributed by atoms with van der Waals surface area (Å²) in [5, 5.41) is 8.22. The predicted molar refractivity (Wildman–Crippen MR) is 75.0 cm³/mol. The molecule has 0 radical (unpaired) electrons. The van der Waals surface area contributed by atoms with Gasteiger partial charge in [0.05, 0.1) is 23.0 Å². The van der Waals surface area contributed by atoms with Crippen molar-refractivity contribution in [2.45, 2.75) is 19.9 Å². The molecular formula is C14H18ClN3. The molecule has 0 aliphatic heterocycles. The van der Waals surface area contributed by atoms with Gasteiger partial charge < -0.3 is 5.32 Å². The van der Waals surface area contributed by atoms with Gasteiger partial charge in [0, 0.05) is 7.05 Å². The van der Waals surface area contributed by atoms with Crippen LogP contribution < -0.4 is 5.32 Å². The van der Waals surface area contributed by atoms with E-state index in [2.05, 4.69) is 42.5 Å². The predicted octanol–water partition coefficient (Wildman–Crippen LogP) is 3.00. The summed E-state index contributed by atoms with van der Waals surface area (Å²) in [6, 6.07) is 6.39. The highest BCUT2D eigenvalue weighted by Crippen LogP contribution is 2.30. The molecule has 1 heterocycles. The van der Waals surface area contributed by atoms with E-state index < -0.39 is 0 Å². The lowest BCUT2D eigenvalue weighted by molar-refractivity contribution is 0.603. The van der Waals surface area contributed by atoms with Crippen LogP contribution in [0.15, 0.2) is 24.4 Å². The standard InChI is InChI=1S/C14H18ClN3/c1-9-6-5-7-11(10(9)2)13(16-3)14-12(15)8-17-18(14)4/h5-8,13,16H,1-4H3. The average molecular weight is 264 g/mol. The van der Waals surface area contributed by atoms with Crippen molar-refractivity contribution in [3.63, 3.8) is 0 Å². The Morgan fingerprint density at radius 3 is 2.61 bits per heavy atom. The third-order valence-corrected chi connectivity index (χ3v) is 3.75. The summed E-state index contributed by atoms with van der Waals surface area (Å²) in [4.78, 5) is 0. The second-order valence-electron chi connectivity index (χ2n) is 4.51. The molecule has 0 amide bonds. The van der Waals surface area contributed by atoms with Crippen LogP contribution in [0.3, 0.4) is 0 Å². The second kappa shape index (κ2) is 5.12. The lowest BCUT2D eigenvalue weighted by atomic mass is 9.95. The van der Waals surface area contributed by atoms with Crippen molar-refractivity contribution >= 4 is 11.6 Å². The Morgan fingerprint density at radius 2 is 2.06 bits per heavy atom. The summed E-state index contributed by atoms with van der Waals surface area (Å²) in [5.41, 5.74) is 4.80. The molecule has 3 nitrogen and oxygen atoms in total. The van der Waals surface area contributed by atoms with Gasteiger partial charge in [0.25, 0.3) is 0 Å². The minimum Gasteiger partial charge on any atom is -0.308 e. The molecule has 96 valence electrons. The Morgan fingerprint density at radius 1 is 1.33 bits per heavy atom. The molecule has 0 saturated heterocycles. The van der Waals surface area contributed by atoms with Crippen LogP contribution in [0.25, 0.3) is 0 Å². The summed E-state index contributed by atoms with van der Waals surface area (Å²) in [7, 11) is 3.85. The Labute approximate surface area is 113 Å². The van der Waals surface area contributed by atoms with Gasteiger partial charge in [-0.2, -0.15) is 5.10 Å². The van der Waals surface area contributed by atoms with Crippen LogP contribution in [-0.2, 0) is 7.05 Å². The van der Waals surface area contributed by atoms with Crippen LogP contribution in [-0.4, -0.2) is 16.8 Å². The highest BCUT2D eigenvalue weighted by atomic mass is 35.5. The molecule has 0 fully saturated rings. The smallest absolute Gasteiger partial charge is 0.0837 e. The third kappa shape index (κ3) is 2.16. The van der Waals surface area contributed by atoms with Crippen molar-refractivity contribution in [1.82, 2.24) is 15.1 Å². The number of aromatic nitrogens is 2. The van der Waals surface area contributed by atoms with Crippen LogP contribution >= 0.6 is 11.6 Å². The van der Waals surface area contributed by atoms with Gasteiger partial charge in [0.2, 0.25) is 0 Å². The summed E-state index contributed by atoms with van der Waals surface area (Å²) in [6.07, 6.45) is 1.69. The first-order chi connectivity index (χ1) is 8.56. The Kier molecular flexibility index (Phi) is 3.73. The zero-order chi connectivity index (χ0) is 13.3. The van der Waals surface area contributed by atoms with Crippen LogP contribution in [0, 0.1) is 13.8 Å². The number of rotatable bonds is 3. The van der Waals surface area contributed by atoms with E-state index in [-0.39, 0.29) is 6.04 Å².